The van der Waals surface area contributed by atoms with Crippen molar-refractivity contribution >= 4 is 18.5 Å². The van der Waals surface area contributed by atoms with Gasteiger partial charge in [-0.1, -0.05) is 49.7 Å². The van der Waals surface area contributed by atoms with Gasteiger partial charge in [-0.15, -0.1) is 0 Å². The van der Waals surface area contributed by atoms with Crippen molar-refractivity contribution in [3.8, 4) is 0 Å². The Morgan fingerprint density at radius 2 is 1.58 bits per heavy atom. The molecule has 19 heavy (non-hydrogen) atoms. The lowest BCUT2D eigenvalue weighted by Crippen LogP contribution is -2.47. The van der Waals surface area contributed by atoms with E-state index in [9.17, 15) is 4.79 Å². The van der Waals surface area contributed by atoms with Crippen LogP contribution >= 0.6 is 12.6 Å². The minimum absolute atomic E-state index is 0.00487. The van der Waals surface area contributed by atoms with Crippen molar-refractivity contribution in [2.45, 2.75) is 26.2 Å². The topological polar surface area (TPSA) is 32.3 Å². The Balaban J connectivity index is 0.000000250. The van der Waals surface area contributed by atoms with E-state index >= 15 is 0 Å². The fourth-order valence-corrected chi connectivity index (χ4v) is 1.91. The van der Waals surface area contributed by atoms with Crippen LogP contribution in [0, 0.1) is 5.92 Å². The average Bonchev–Trinajstić information content (AvgIpc) is 2.50. The Morgan fingerprint density at radius 3 is 2.00 bits per heavy atom. The second kappa shape index (κ2) is 9.87. The fourth-order valence-electron chi connectivity index (χ4n) is 1.74. The number of nitrogens with zero attached hydrogens (tertiary/aromatic N) is 1. The predicted molar refractivity (Wildman–Crippen MR) is 83.0 cm³/mol. The van der Waals surface area contributed by atoms with E-state index < -0.39 is 0 Å². The van der Waals surface area contributed by atoms with Crippen LogP contribution in [0.5, 0.6) is 0 Å². The molecule has 0 aromatic heterocycles. The van der Waals surface area contributed by atoms with Crippen molar-refractivity contribution in [2.75, 3.05) is 18.8 Å². The molecule has 1 aromatic rings. The third-order valence-corrected chi connectivity index (χ3v) is 3.56. The smallest absolute Gasteiger partial charge is 0.237 e. The lowest BCUT2D eigenvalue weighted by atomic mass is 10.1. The molecule has 1 atom stereocenters. The molecule has 4 heteroatoms. The minimum atomic E-state index is 0.00487. The van der Waals surface area contributed by atoms with E-state index in [2.05, 4.69) is 18.1 Å². The van der Waals surface area contributed by atoms with Gasteiger partial charge in [-0.25, -0.2) is 5.01 Å². The highest BCUT2D eigenvalue weighted by atomic mass is 32.1. The number of amides is 1. The Morgan fingerprint density at radius 1 is 1.11 bits per heavy atom. The number of carbonyl (C=O) groups excluding carboxylic acids is 1. The van der Waals surface area contributed by atoms with Crippen LogP contribution in [0.3, 0.4) is 0 Å². The molecule has 0 aliphatic carbocycles. The lowest BCUT2D eigenvalue weighted by molar-refractivity contribution is -0.129. The quantitative estimate of drug-likeness (QED) is 0.835. The number of hydrazine groups is 1. The number of hydrogen-bond acceptors (Lipinski definition) is 3. The molecular formula is C15H24N2OS. The maximum atomic E-state index is 11.4. The van der Waals surface area contributed by atoms with Crippen LogP contribution in [0.1, 0.15) is 26.2 Å². The molecule has 0 radical (unpaired) electrons. The zero-order chi connectivity index (χ0) is 13.9. The van der Waals surface area contributed by atoms with Crippen molar-refractivity contribution in [3.63, 3.8) is 0 Å². The number of thiol groups is 1. The Kier molecular flexibility index (Phi) is 8.34. The van der Waals surface area contributed by atoms with Crippen LogP contribution < -0.4 is 5.43 Å². The standard InChI is InChI=1S/C9H18N2OS.C6H6/c1-8(7-13)9(12)10-11-5-3-2-4-6-11;1-2-4-6-5-3-1/h8,13H,2-7H2,1H3,(H,10,12);1-6H. The number of rotatable bonds is 3. The highest BCUT2D eigenvalue weighted by molar-refractivity contribution is 7.80. The maximum Gasteiger partial charge on any atom is 0.237 e. The summed E-state index contributed by atoms with van der Waals surface area (Å²) in [6.07, 6.45) is 3.67. The summed E-state index contributed by atoms with van der Waals surface area (Å²) >= 11 is 4.09. The summed E-state index contributed by atoms with van der Waals surface area (Å²) in [5, 5.41) is 2.02. The Hall–Kier alpha value is -1.00. The lowest BCUT2D eigenvalue weighted by Gasteiger charge is -2.27. The molecule has 1 aromatic carbocycles. The summed E-state index contributed by atoms with van der Waals surface area (Å²) in [4.78, 5) is 11.4. The number of nitrogens with one attached hydrogen (secondary N) is 1. The van der Waals surface area contributed by atoms with Gasteiger partial charge in [0.25, 0.3) is 0 Å². The first-order valence-electron chi connectivity index (χ1n) is 6.90. The third-order valence-electron chi connectivity index (χ3n) is 3.01. The van der Waals surface area contributed by atoms with Gasteiger partial charge >= 0.3 is 0 Å². The van der Waals surface area contributed by atoms with Gasteiger partial charge in [-0.05, 0) is 12.8 Å². The molecular weight excluding hydrogens is 256 g/mol. The van der Waals surface area contributed by atoms with Crippen LogP contribution in [-0.4, -0.2) is 29.8 Å². The largest absolute Gasteiger partial charge is 0.289 e. The SMILES string of the molecule is CC(CS)C(=O)NN1CCCCC1.c1ccccc1. The number of benzene rings is 1. The van der Waals surface area contributed by atoms with E-state index in [4.69, 9.17) is 0 Å². The fraction of sp³-hybridized carbons (Fsp3) is 0.533. The molecule has 2 rings (SSSR count). The first-order valence-corrected chi connectivity index (χ1v) is 7.53. The minimum Gasteiger partial charge on any atom is -0.289 e. The first-order chi connectivity index (χ1) is 9.24. The van der Waals surface area contributed by atoms with Gasteiger partial charge in [0.05, 0.1) is 0 Å². The summed E-state index contributed by atoms with van der Waals surface area (Å²) in [6.45, 7) is 3.88. The third kappa shape index (κ3) is 7.23. The summed E-state index contributed by atoms with van der Waals surface area (Å²) in [6, 6.07) is 12.0. The molecule has 1 aliphatic rings. The van der Waals surface area contributed by atoms with Crippen LogP contribution in [0.4, 0.5) is 0 Å². The summed E-state index contributed by atoms with van der Waals surface area (Å²) < 4.78 is 0. The molecule has 1 aliphatic heterocycles. The number of carbonyl (C=O) groups is 1. The predicted octanol–water partition coefficient (Wildman–Crippen LogP) is 2.76. The monoisotopic (exact) mass is 280 g/mol. The van der Waals surface area contributed by atoms with Gasteiger partial charge in [0.2, 0.25) is 5.91 Å². The molecule has 1 saturated heterocycles. The van der Waals surface area contributed by atoms with Gasteiger partial charge in [0.1, 0.15) is 0 Å². The normalized spacial score (nSPS) is 16.9. The van der Waals surface area contributed by atoms with Crippen molar-refractivity contribution < 1.29 is 4.79 Å². The molecule has 1 amide bonds. The summed E-state index contributed by atoms with van der Waals surface area (Å²) in [7, 11) is 0. The Labute approximate surface area is 121 Å². The second-order valence-electron chi connectivity index (χ2n) is 4.76. The first kappa shape index (κ1) is 16.1. The molecule has 1 fully saturated rings. The molecule has 1 heterocycles. The van der Waals surface area contributed by atoms with Gasteiger partial charge in [-0.2, -0.15) is 12.6 Å². The van der Waals surface area contributed by atoms with Crippen LogP contribution in [0.15, 0.2) is 36.4 Å². The zero-order valence-electron chi connectivity index (χ0n) is 11.6. The van der Waals surface area contributed by atoms with E-state index in [1.807, 2.05) is 48.3 Å². The molecule has 0 saturated carbocycles. The maximum absolute atomic E-state index is 11.4. The van der Waals surface area contributed by atoms with E-state index in [1.54, 1.807) is 0 Å². The van der Waals surface area contributed by atoms with Crippen LogP contribution in [-0.2, 0) is 4.79 Å². The second-order valence-corrected chi connectivity index (χ2v) is 5.13. The highest BCUT2D eigenvalue weighted by Crippen LogP contribution is 2.07. The molecule has 1 N–H and O–H groups in total. The van der Waals surface area contributed by atoms with E-state index in [1.165, 1.54) is 19.3 Å². The molecule has 106 valence electrons. The molecule has 1 unspecified atom stereocenters. The van der Waals surface area contributed by atoms with Gasteiger partial charge in [-0.3, -0.25) is 10.2 Å². The van der Waals surface area contributed by atoms with E-state index in [0.29, 0.717) is 5.75 Å². The Bertz CT molecular complexity index is 313. The summed E-state index contributed by atoms with van der Waals surface area (Å²) in [5.41, 5.74) is 2.92. The average molecular weight is 280 g/mol. The van der Waals surface area contributed by atoms with Gasteiger partial charge in [0, 0.05) is 24.8 Å². The molecule has 3 nitrogen and oxygen atoms in total. The van der Waals surface area contributed by atoms with Gasteiger partial charge in [0.15, 0.2) is 0 Å². The molecule has 0 bridgehead atoms. The highest BCUT2D eigenvalue weighted by Gasteiger charge is 2.16. The molecule has 0 spiro atoms. The van der Waals surface area contributed by atoms with Crippen molar-refractivity contribution in [1.82, 2.24) is 10.4 Å². The summed E-state index contributed by atoms with van der Waals surface area (Å²) in [5.74, 6) is 0.710. The van der Waals surface area contributed by atoms with Crippen molar-refractivity contribution in [3.05, 3.63) is 36.4 Å². The van der Waals surface area contributed by atoms with Crippen LogP contribution in [0.2, 0.25) is 0 Å². The van der Waals surface area contributed by atoms with Crippen LogP contribution in [0.25, 0.3) is 0 Å². The number of hydrogen-bond donors (Lipinski definition) is 2. The zero-order valence-corrected chi connectivity index (χ0v) is 12.5. The number of piperidine rings is 1. The van der Waals surface area contributed by atoms with E-state index in [0.717, 1.165) is 13.1 Å². The van der Waals surface area contributed by atoms with Gasteiger partial charge < -0.3 is 0 Å². The van der Waals surface area contributed by atoms with E-state index in [-0.39, 0.29) is 11.8 Å². The van der Waals surface area contributed by atoms with Crippen molar-refractivity contribution in [1.29, 1.82) is 0 Å². The van der Waals surface area contributed by atoms with Crippen molar-refractivity contribution in [2.24, 2.45) is 5.92 Å².